The Morgan fingerprint density at radius 2 is 2.04 bits per heavy atom. The van der Waals surface area contributed by atoms with Crippen molar-refractivity contribution in [1.29, 1.82) is 0 Å². The highest BCUT2D eigenvalue weighted by Gasteiger charge is 2.65. The second kappa shape index (κ2) is 6.26. The molecule has 1 saturated carbocycles. The number of halogens is 1. The van der Waals surface area contributed by atoms with Crippen LogP contribution in [-0.4, -0.2) is 23.2 Å². The predicted molar refractivity (Wildman–Crippen MR) is 113 cm³/mol. The highest BCUT2D eigenvalue weighted by molar-refractivity contribution is 14.1. The molecule has 6 heteroatoms. The van der Waals surface area contributed by atoms with Gasteiger partial charge in [0.25, 0.3) is 0 Å². The van der Waals surface area contributed by atoms with E-state index in [0.717, 1.165) is 43.6 Å². The van der Waals surface area contributed by atoms with Gasteiger partial charge in [0.1, 0.15) is 9.45 Å². The summed E-state index contributed by atoms with van der Waals surface area (Å²) in [5.74, 6) is 1.06. The quantitative estimate of drug-likeness (QED) is 0.536. The number of aromatic amines is 1. The van der Waals surface area contributed by atoms with Gasteiger partial charge in [0.15, 0.2) is 0 Å². The lowest BCUT2D eigenvalue weighted by Gasteiger charge is -2.10. The average molecular weight is 463 g/mol. The van der Waals surface area contributed by atoms with Gasteiger partial charge < -0.3 is 10.1 Å². The van der Waals surface area contributed by atoms with E-state index in [0.29, 0.717) is 0 Å². The van der Waals surface area contributed by atoms with Crippen molar-refractivity contribution in [2.45, 2.75) is 32.6 Å². The van der Waals surface area contributed by atoms with Crippen molar-refractivity contribution in [2.24, 2.45) is 0 Å². The molecule has 2 aromatic carbocycles. The minimum atomic E-state index is -0.457. The first-order chi connectivity index (χ1) is 11.6. The summed E-state index contributed by atoms with van der Waals surface area (Å²) in [6.07, 6.45) is 0.825. The first kappa shape index (κ1) is 18.7. The normalized spacial score (nSPS) is 22.4. The van der Waals surface area contributed by atoms with E-state index < -0.39 is 5.41 Å². The van der Waals surface area contributed by atoms with Crippen LogP contribution in [-0.2, 0) is 10.2 Å². The Balaban J connectivity index is 0.000000980. The van der Waals surface area contributed by atoms with Gasteiger partial charge in [-0.1, -0.05) is 20.9 Å². The number of fused-ring (bicyclic) bond motifs is 3. The Bertz CT molecular complexity index is 1010. The molecule has 2 N–H and O–H groups in total. The molecule has 1 spiro atoms. The number of aromatic nitrogens is 2. The molecule has 2 aliphatic rings. The second-order valence-corrected chi connectivity index (χ2v) is 7.49. The van der Waals surface area contributed by atoms with Crippen LogP contribution in [0.1, 0.15) is 38.3 Å². The number of H-pyrrole nitrogens is 1. The highest BCUT2D eigenvalue weighted by atomic mass is 127. The molecule has 26 heavy (non-hydrogen) atoms. The molecule has 5 nitrogen and oxygen atoms in total. The van der Waals surface area contributed by atoms with E-state index in [4.69, 9.17) is 4.74 Å². The SMILES string of the molecule is C.C.COc1ccc2c(c1)[C@@]1(C[C@@H]1c1ccc3c(I)[nH]nc3c1)C(=O)N2. The van der Waals surface area contributed by atoms with Crippen LogP contribution in [0.3, 0.4) is 0 Å². The number of nitrogens with zero attached hydrogens (tertiary/aromatic N) is 1. The van der Waals surface area contributed by atoms with E-state index in [9.17, 15) is 4.79 Å². The Hall–Kier alpha value is -2.09. The zero-order chi connectivity index (χ0) is 16.5. The van der Waals surface area contributed by atoms with Gasteiger partial charge in [0, 0.05) is 17.0 Å². The maximum atomic E-state index is 12.7. The smallest absolute Gasteiger partial charge is 0.235 e. The third kappa shape index (κ3) is 2.35. The lowest BCUT2D eigenvalue weighted by molar-refractivity contribution is -0.118. The van der Waals surface area contributed by atoms with Crippen molar-refractivity contribution >= 4 is 45.1 Å². The van der Waals surface area contributed by atoms with Gasteiger partial charge in [-0.05, 0) is 70.5 Å². The number of benzene rings is 2. The summed E-state index contributed by atoms with van der Waals surface area (Å²) in [6.45, 7) is 0. The van der Waals surface area contributed by atoms with Crippen LogP contribution >= 0.6 is 22.6 Å². The molecule has 0 unspecified atom stereocenters. The molecule has 5 rings (SSSR count). The maximum absolute atomic E-state index is 12.7. The molecule has 2 heterocycles. The standard InChI is InChI=1S/C18H14IN3O2.2CH4/c1-24-10-3-5-14-12(7-10)18(17(23)20-14)8-13(18)9-2-4-11-15(6-9)21-22-16(11)19;;/h2-7,13H,8H2,1H3,(H,20,23)(H,21,22);2*1H4/t13-,18-;;/m1../s1. The van der Waals surface area contributed by atoms with Gasteiger partial charge in [-0.3, -0.25) is 9.89 Å². The lowest BCUT2D eigenvalue weighted by Crippen LogP contribution is -2.21. The number of carbonyl (C=O) groups is 1. The van der Waals surface area contributed by atoms with E-state index in [1.165, 1.54) is 0 Å². The van der Waals surface area contributed by atoms with Crippen LogP contribution in [0.5, 0.6) is 5.75 Å². The van der Waals surface area contributed by atoms with Gasteiger partial charge >= 0.3 is 0 Å². The molecular formula is C20H22IN3O2. The Kier molecular flexibility index (Phi) is 4.50. The summed E-state index contributed by atoms with van der Waals surface area (Å²) in [7, 11) is 1.65. The molecule has 136 valence electrons. The van der Waals surface area contributed by atoms with Crippen molar-refractivity contribution in [3.8, 4) is 5.75 Å². The summed E-state index contributed by atoms with van der Waals surface area (Å²) in [6, 6.07) is 12.1. The van der Waals surface area contributed by atoms with E-state index in [1.54, 1.807) is 7.11 Å². The fourth-order valence-electron chi connectivity index (χ4n) is 3.91. The molecule has 0 bridgehead atoms. The molecule has 1 aliphatic carbocycles. The number of carbonyl (C=O) groups excluding carboxylic acids is 1. The minimum Gasteiger partial charge on any atom is -0.497 e. The largest absolute Gasteiger partial charge is 0.497 e. The zero-order valence-electron chi connectivity index (χ0n) is 12.9. The first-order valence-corrected chi connectivity index (χ1v) is 8.85. The summed E-state index contributed by atoms with van der Waals surface area (Å²) in [5, 5.41) is 11.5. The molecule has 0 radical (unpaired) electrons. The van der Waals surface area contributed by atoms with Gasteiger partial charge in [0.05, 0.1) is 18.0 Å². The summed E-state index contributed by atoms with van der Waals surface area (Å²) < 4.78 is 6.38. The Morgan fingerprint density at radius 1 is 1.23 bits per heavy atom. The fraction of sp³-hybridized carbons (Fsp3) is 0.300. The minimum absolute atomic E-state index is 0. The topological polar surface area (TPSA) is 67.0 Å². The Morgan fingerprint density at radius 3 is 2.81 bits per heavy atom. The van der Waals surface area contributed by atoms with E-state index in [-0.39, 0.29) is 26.7 Å². The van der Waals surface area contributed by atoms with Gasteiger partial charge in [0.2, 0.25) is 5.91 Å². The monoisotopic (exact) mass is 463 g/mol. The highest BCUT2D eigenvalue weighted by Crippen LogP contribution is 2.65. The maximum Gasteiger partial charge on any atom is 0.235 e. The zero-order valence-corrected chi connectivity index (χ0v) is 15.0. The number of methoxy groups -OCH3 is 1. The van der Waals surface area contributed by atoms with Crippen LogP contribution in [0.15, 0.2) is 36.4 Å². The van der Waals surface area contributed by atoms with Crippen molar-refractivity contribution in [3.05, 3.63) is 51.2 Å². The molecular weight excluding hydrogens is 441 g/mol. The predicted octanol–water partition coefficient (Wildman–Crippen LogP) is 4.83. The van der Waals surface area contributed by atoms with Crippen LogP contribution in [0.4, 0.5) is 5.69 Å². The molecule has 0 saturated heterocycles. The molecule has 1 fully saturated rings. The number of hydrogen-bond acceptors (Lipinski definition) is 3. The van der Waals surface area contributed by atoms with Crippen LogP contribution in [0.2, 0.25) is 0 Å². The van der Waals surface area contributed by atoms with E-state index in [2.05, 4.69) is 56.3 Å². The molecule has 1 aliphatic heterocycles. The molecule has 1 aromatic heterocycles. The summed E-state index contributed by atoms with van der Waals surface area (Å²) in [5.41, 5.74) is 3.60. The van der Waals surface area contributed by atoms with Crippen LogP contribution in [0.25, 0.3) is 10.9 Å². The first-order valence-electron chi connectivity index (χ1n) is 7.77. The average Bonchev–Trinajstić information content (AvgIpc) is 3.17. The number of anilines is 1. The van der Waals surface area contributed by atoms with Crippen LogP contribution < -0.4 is 10.1 Å². The van der Waals surface area contributed by atoms with Crippen LogP contribution in [0, 0.1) is 3.70 Å². The number of nitrogens with one attached hydrogen (secondary N) is 2. The molecule has 3 aromatic rings. The third-order valence-electron chi connectivity index (χ3n) is 5.26. The fourth-order valence-corrected chi connectivity index (χ4v) is 4.49. The van der Waals surface area contributed by atoms with Gasteiger partial charge in [-0.25, -0.2) is 0 Å². The molecule has 2 atom stereocenters. The second-order valence-electron chi connectivity index (χ2n) is 6.41. The molecule has 1 amide bonds. The van der Waals surface area contributed by atoms with E-state index in [1.807, 2.05) is 18.2 Å². The van der Waals surface area contributed by atoms with Gasteiger partial charge in [-0.2, -0.15) is 5.10 Å². The number of hydrogen-bond donors (Lipinski definition) is 2. The van der Waals surface area contributed by atoms with Gasteiger partial charge in [-0.15, -0.1) is 0 Å². The Labute approximate surface area is 166 Å². The number of rotatable bonds is 2. The third-order valence-corrected chi connectivity index (χ3v) is 6.08. The van der Waals surface area contributed by atoms with Crippen molar-refractivity contribution in [2.75, 3.05) is 12.4 Å². The lowest BCUT2D eigenvalue weighted by atomic mass is 9.91. The summed E-state index contributed by atoms with van der Waals surface area (Å²) >= 11 is 2.24. The number of ether oxygens (including phenoxy) is 1. The summed E-state index contributed by atoms with van der Waals surface area (Å²) in [4.78, 5) is 12.7. The van der Waals surface area contributed by atoms with Crippen molar-refractivity contribution < 1.29 is 9.53 Å². The van der Waals surface area contributed by atoms with Crippen molar-refractivity contribution in [3.63, 3.8) is 0 Å². The van der Waals surface area contributed by atoms with Crippen molar-refractivity contribution in [1.82, 2.24) is 10.2 Å². The number of amides is 1. The van der Waals surface area contributed by atoms with E-state index >= 15 is 0 Å².